The first-order valence-corrected chi connectivity index (χ1v) is 7.60. The summed E-state index contributed by atoms with van der Waals surface area (Å²) in [4.78, 5) is 4.34. The first kappa shape index (κ1) is 14.9. The van der Waals surface area contributed by atoms with Gasteiger partial charge in [0, 0.05) is 22.9 Å². The molecule has 2 rings (SSSR count). The van der Waals surface area contributed by atoms with Crippen LogP contribution in [-0.2, 0) is 0 Å². The molecule has 4 N–H and O–H groups in total. The van der Waals surface area contributed by atoms with E-state index < -0.39 is 0 Å². The van der Waals surface area contributed by atoms with Crippen LogP contribution in [0.5, 0.6) is 0 Å². The highest BCUT2D eigenvalue weighted by molar-refractivity contribution is 5.67. The van der Waals surface area contributed by atoms with Gasteiger partial charge in [-0.3, -0.25) is 5.01 Å². The number of rotatable bonds is 3. The van der Waals surface area contributed by atoms with Crippen LogP contribution in [0, 0.1) is 5.92 Å². The molecular weight excluding hydrogens is 248 g/mol. The standard InChI is InChI=1S/C16H26N4/c1-3-4-10-14-12(2)19-11-20(18)16(14)15(17)13-8-6-5-7-9-13/h4,10-11,13H,3,5-9,17-18H2,1-2H3/b10-4-,16-15-. The van der Waals surface area contributed by atoms with Crippen molar-refractivity contribution >= 4 is 6.34 Å². The lowest BCUT2D eigenvalue weighted by molar-refractivity contribution is 0.389. The number of hydrogen-bond acceptors (Lipinski definition) is 4. The Bertz CT molecular complexity index is 465. The van der Waals surface area contributed by atoms with Gasteiger partial charge in [0.15, 0.2) is 0 Å². The summed E-state index contributed by atoms with van der Waals surface area (Å²) in [5.41, 5.74) is 10.4. The molecule has 1 aliphatic heterocycles. The molecular formula is C16H26N4. The van der Waals surface area contributed by atoms with E-state index >= 15 is 0 Å². The molecule has 0 saturated heterocycles. The molecule has 0 unspecified atom stereocenters. The summed E-state index contributed by atoms with van der Waals surface area (Å²) in [6.07, 6.45) is 13.1. The largest absolute Gasteiger partial charge is 0.400 e. The highest BCUT2D eigenvalue weighted by atomic mass is 15.4. The van der Waals surface area contributed by atoms with Crippen molar-refractivity contribution in [3.8, 4) is 0 Å². The molecule has 0 amide bonds. The normalized spacial score (nSPS) is 23.9. The van der Waals surface area contributed by atoms with Gasteiger partial charge >= 0.3 is 0 Å². The Morgan fingerprint density at radius 3 is 2.75 bits per heavy atom. The number of hydrogen-bond donors (Lipinski definition) is 2. The number of allylic oxidation sites excluding steroid dienone is 4. The van der Waals surface area contributed by atoms with Crippen LogP contribution in [0.1, 0.15) is 52.4 Å². The summed E-state index contributed by atoms with van der Waals surface area (Å²) in [5.74, 6) is 6.54. The van der Waals surface area contributed by atoms with Gasteiger partial charge in [-0.15, -0.1) is 0 Å². The average Bonchev–Trinajstić information content (AvgIpc) is 2.48. The Labute approximate surface area is 121 Å². The molecule has 20 heavy (non-hydrogen) atoms. The molecule has 110 valence electrons. The Hall–Kier alpha value is -1.55. The summed E-state index contributed by atoms with van der Waals surface area (Å²) < 4.78 is 0. The molecule has 0 radical (unpaired) electrons. The van der Waals surface area contributed by atoms with Crippen LogP contribution < -0.4 is 11.6 Å². The third kappa shape index (κ3) is 3.12. The third-order valence-corrected chi connectivity index (χ3v) is 4.12. The molecule has 4 heteroatoms. The van der Waals surface area contributed by atoms with Crippen molar-refractivity contribution in [2.24, 2.45) is 22.5 Å². The summed E-state index contributed by atoms with van der Waals surface area (Å²) >= 11 is 0. The van der Waals surface area contributed by atoms with Crippen LogP contribution in [0.3, 0.4) is 0 Å². The maximum Gasteiger partial charge on any atom is 0.110 e. The van der Waals surface area contributed by atoms with Crippen LogP contribution in [0.15, 0.2) is 39.8 Å². The fourth-order valence-electron chi connectivity index (χ4n) is 2.93. The van der Waals surface area contributed by atoms with Crippen molar-refractivity contribution < 1.29 is 0 Å². The van der Waals surface area contributed by atoms with Gasteiger partial charge in [-0.1, -0.05) is 38.3 Å². The lowest BCUT2D eigenvalue weighted by atomic mass is 9.85. The van der Waals surface area contributed by atoms with Crippen molar-refractivity contribution in [3.63, 3.8) is 0 Å². The Kier molecular flexibility index (Phi) is 5.01. The van der Waals surface area contributed by atoms with Gasteiger partial charge in [0.05, 0.1) is 5.70 Å². The molecule has 0 spiro atoms. The van der Waals surface area contributed by atoms with Crippen molar-refractivity contribution in [2.45, 2.75) is 52.4 Å². The Morgan fingerprint density at radius 1 is 1.40 bits per heavy atom. The molecule has 0 aromatic heterocycles. The van der Waals surface area contributed by atoms with Crippen molar-refractivity contribution in [1.82, 2.24) is 5.01 Å². The molecule has 0 atom stereocenters. The van der Waals surface area contributed by atoms with Gasteiger partial charge in [0.1, 0.15) is 6.34 Å². The average molecular weight is 274 g/mol. The first-order chi connectivity index (χ1) is 9.65. The minimum absolute atomic E-state index is 0.453. The van der Waals surface area contributed by atoms with Gasteiger partial charge in [-0.2, -0.15) is 0 Å². The van der Waals surface area contributed by atoms with Crippen molar-refractivity contribution in [2.75, 3.05) is 0 Å². The summed E-state index contributed by atoms with van der Waals surface area (Å²) in [6.45, 7) is 4.12. The van der Waals surface area contributed by atoms with Crippen molar-refractivity contribution in [3.05, 3.63) is 34.8 Å². The van der Waals surface area contributed by atoms with E-state index in [2.05, 4.69) is 24.1 Å². The van der Waals surface area contributed by atoms with Gasteiger partial charge in [0.25, 0.3) is 0 Å². The van der Waals surface area contributed by atoms with E-state index in [0.717, 1.165) is 29.1 Å². The van der Waals surface area contributed by atoms with Crippen LogP contribution in [0.4, 0.5) is 0 Å². The molecule has 2 aliphatic rings. The molecule has 1 aliphatic carbocycles. The number of nitrogens with two attached hydrogens (primary N) is 2. The predicted molar refractivity (Wildman–Crippen MR) is 84.4 cm³/mol. The zero-order valence-corrected chi connectivity index (χ0v) is 12.6. The zero-order chi connectivity index (χ0) is 14.5. The van der Waals surface area contributed by atoms with Crippen LogP contribution in [0.25, 0.3) is 0 Å². The predicted octanol–water partition coefficient (Wildman–Crippen LogP) is 3.19. The quantitative estimate of drug-likeness (QED) is 0.777. The van der Waals surface area contributed by atoms with E-state index in [1.54, 1.807) is 11.3 Å². The molecule has 4 nitrogen and oxygen atoms in total. The monoisotopic (exact) mass is 274 g/mol. The van der Waals surface area contributed by atoms with Crippen LogP contribution in [-0.4, -0.2) is 11.3 Å². The van der Waals surface area contributed by atoms with Gasteiger partial charge < -0.3 is 5.73 Å². The van der Waals surface area contributed by atoms with E-state index in [1.807, 2.05) is 6.92 Å². The lowest BCUT2D eigenvalue weighted by Gasteiger charge is -2.30. The van der Waals surface area contributed by atoms with E-state index in [4.69, 9.17) is 11.6 Å². The fourth-order valence-corrected chi connectivity index (χ4v) is 2.93. The van der Waals surface area contributed by atoms with E-state index in [0.29, 0.717) is 5.92 Å². The van der Waals surface area contributed by atoms with E-state index in [-0.39, 0.29) is 0 Å². The smallest absolute Gasteiger partial charge is 0.110 e. The molecule has 1 fully saturated rings. The van der Waals surface area contributed by atoms with E-state index in [9.17, 15) is 0 Å². The maximum atomic E-state index is 6.47. The van der Waals surface area contributed by atoms with Crippen LogP contribution in [0.2, 0.25) is 0 Å². The second kappa shape index (κ2) is 6.75. The second-order valence-corrected chi connectivity index (χ2v) is 5.60. The minimum atomic E-state index is 0.453. The molecule has 0 bridgehead atoms. The van der Waals surface area contributed by atoms with Gasteiger partial charge in [-0.25, -0.2) is 10.8 Å². The summed E-state index contributed by atoms with van der Waals surface area (Å²) in [5, 5.41) is 1.58. The first-order valence-electron chi connectivity index (χ1n) is 7.60. The number of aliphatic imine (C=N–C) groups is 1. The molecule has 1 heterocycles. The topological polar surface area (TPSA) is 67.6 Å². The van der Waals surface area contributed by atoms with E-state index in [1.165, 1.54) is 32.1 Å². The Morgan fingerprint density at radius 2 is 2.10 bits per heavy atom. The van der Waals surface area contributed by atoms with Crippen LogP contribution >= 0.6 is 0 Å². The summed E-state index contributed by atoms with van der Waals surface area (Å²) in [6, 6.07) is 0. The third-order valence-electron chi connectivity index (χ3n) is 4.12. The number of hydrazine groups is 1. The number of nitrogens with zero attached hydrogens (tertiary/aromatic N) is 2. The molecule has 0 aromatic rings. The SMILES string of the molecule is CC/C=C\C1=C(C)N=CN(N)/C1=C(\N)C1CCCCC1. The molecule has 1 saturated carbocycles. The second-order valence-electron chi connectivity index (χ2n) is 5.60. The summed E-state index contributed by atoms with van der Waals surface area (Å²) in [7, 11) is 0. The molecule has 0 aromatic carbocycles. The van der Waals surface area contributed by atoms with Crippen molar-refractivity contribution in [1.29, 1.82) is 0 Å². The zero-order valence-electron chi connectivity index (χ0n) is 12.6. The maximum absolute atomic E-state index is 6.47. The highest BCUT2D eigenvalue weighted by Crippen LogP contribution is 2.33. The fraction of sp³-hybridized carbons (Fsp3) is 0.562. The van der Waals surface area contributed by atoms with Gasteiger partial charge in [-0.05, 0) is 26.2 Å². The minimum Gasteiger partial charge on any atom is -0.400 e. The lowest BCUT2D eigenvalue weighted by Crippen LogP contribution is -2.35. The highest BCUT2D eigenvalue weighted by Gasteiger charge is 2.24. The van der Waals surface area contributed by atoms with Gasteiger partial charge in [0.2, 0.25) is 0 Å². The Balaban J connectivity index is 2.38.